The van der Waals surface area contributed by atoms with Gasteiger partial charge in [-0.05, 0) is 30.3 Å². The monoisotopic (exact) mass is 266 g/mol. The van der Waals surface area contributed by atoms with Crippen molar-refractivity contribution in [2.24, 2.45) is 0 Å². The summed E-state index contributed by atoms with van der Waals surface area (Å²) in [6.07, 6.45) is 1.41. The van der Waals surface area contributed by atoms with Gasteiger partial charge in [0.15, 0.2) is 0 Å². The van der Waals surface area contributed by atoms with E-state index in [4.69, 9.17) is 16.7 Å². The predicted molar refractivity (Wildman–Crippen MR) is 65.9 cm³/mol. The third-order valence-electron chi connectivity index (χ3n) is 2.22. The van der Waals surface area contributed by atoms with Gasteiger partial charge < -0.3 is 10.4 Å². The largest absolute Gasteiger partial charge is 0.478 e. The van der Waals surface area contributed by atoms with E-state index >= 15 is 0 Å². The normalized spacial score (nSPS) is 10.1. The Labute approximate surface area is 107 Å². The number of carboxylic acids is 1. The molecule has 0 aliphatic heterocycles. The molecule has 18 heavy (non-hydrogen) atoms. The van der Waals surface area contributed by atoms with Gasteiger partial charge >= 0.3 is 5.97 Å². The van der Waals surface area contributed by atoms with Gasteiger partial charge in [0.1, 0.15) is 17.2 Å². The second-order valence-corrected chi connectivity index (χ2v) is 3.89. The molecule has 0 atom stereocenters. The number of hydrogen-bond acceptors (Lipinski definition) is 3. The Hall–Kier alpha value is -2.14. The second-order valence-electron chi connectivity index (χ2n) is 3.45. The van der Waals surface area contributed by atoms with Gasteiger partial charge in [0.25, 0.3) is 0 Å². The van der Waals surface area contributed by atoms with Gasteiger partial charge in [0.05, 0.1) is 5.69 Å². The van der Waals surface area contributed by atoms with Gasteiger partial charge in [0.2, 0.25) is 0 Å². The van der Waals surface area contributed by atoms with Gasteiger partial charge in [-0.1, -0.05) is 11.6 Å². The highest BCUT2D eigenvalue weighted by molar-refractivity contribution is 6.30. The summed E-state index contributed by atoms with van der Waals surface area (Å²) < 4.78 is 13.5. The van der Waals surface area contributed by atoms with Gasteiger partial charge in [-0.25, -0.2) is 14.2 Å². The van der Waals surface area contributed by atoms with E-state index < -0.39 is 11.8 Å². The van der Waals surface area contributed by atoms with Crippen molar-refractivity contribution in [2.45, 2.75) is 0 Å². The maximum atomic E-state index is 13.5. The lowest BCUT2D eigenvalue weighted by atomic mass is 10.2. The molecular formula is C12H8ClFN2O2. The number of anilines is 2. The van der Waals surface area contributed by atoms with E-state index in [2.05, 4.69) is 10.3 Å². The molecule has 4 nitrogen and oxygen atoms in total. The van der Waals surface area contributed by atoms with Gasteiger partial charge in [-0.3, -0.25) is 0 Å². The number of aromatic carboxylic acids is 1. The number of hydrogen-bond donors (Lipinski definition) is 2. The number of aromatic nitrogens is 1. The Balaban J connectivity index is 2.40. The van der Waals surface area contributed by atoms with E-state index in [0.29, 0.717) is 5.02 Å². The number of rotatable bonds is 3. The number of halogens is 2. The zero-order chi connectivity index (χ0) is 13.1. The SMILES string of the molecule is O=C(O)c1cccnc1Nc1cc(Cl)ccc1F. The summed E-state index contributed by atoms with van der Waals surface area (Å²) in [5, 5.41) is 11.9. The summed E-state index contributed by atoms with van der Waals surface area (Å²) in [4.78, 5) is 14.8. The van der Waals surface area contributed by atoms with Gasteiger partial charge in [-0.15, -0.1) is 0 Å². The summed E-state index contributed by atoms with van der Waals surface area (Å²) in [5.41, 5.74) is 0.0283. The van der Waals surface area contributed by atoms with Crippen molar-refractivity contribution < 1.29 is 14.3 Å². The predicted octanol–water partition coefficient (Wildman–Crippen LogP) is 3.32. The molecule has 0 aliphatic carbocycles. The molecule has 0 radical (unpaired) electrons. The topological polar surface area (TPSA) is 62.2 Å². The Kier molecular flexibility index (Phi) is 3.43. The summed E-state index contributed by atoms with van der Waals surface area (Å²) >= 11 is 5.74. The highest BCUT2D eigenvalue weighted by atomic mass is 35.5. The smallest absolute Gasteiger partial charge is 0.339 e. The molecule has 0 amide bonds. The van der Waals surface area contributed by atoms with Crippen molar-refractivity contribution in [2.75, 3.05) is 5.32 Å². The molecule has 2 N–H and O–H groups in total. The molecular weight excluding hydrogens is 259 g/mol. The summed E-state index contributed by atoms with van der Waals surface area (Å²) in [7, 11) is 0. The van der Waals surface area contributed by atoms with Crippen LogP contribution in [0.15, 0.2) is 36.5 Å². The van der Waals surface area contributed by atoms with Crippen molar-refractivity contribution >= 4 is 29.1 Å². The van der Waals surface area contributed by atoms with Crippen LogP contribution in [0.25, 0.3) is 0 Å². The van der Waals surface area contributed by atoms with E-state index in [-0.39, 0.29) is 17.1 Å². The molecule has 0 saturated heterocycles. The number of benzene rings is 1. The van der Waals surface area contributed by atoms with Crippen LogP contribution in [0, 0.1) is 5.82 Å². The number of carboxylic acid groups (broad SMARTS) is 1. The quantitative estimate of drug-likeness (QED) is 0.895. The summed E-state index contributed by atoms with van der Waals surface area (Å²) in [6, 6.07) is 6.81. The highest BCUT2D eigenvalue weighted by Gasteiger charge is 2.12. The highest BCUT2D eigenvalue weighted by Crippen LogP contribution is 2.24. The van der Waals surface area contributed by atoms with E-state index in [1.165, 1.54) is 36.5 Å². The number of pyridine rings is 1. The fraction of sp³-hybridized carbons (Fsp3) is 0. The number of carbonyl (C=O) groups is 1. The van der Waals surface area contributed by atoms with Gasteiger partial charge in [0, 0.05) is 11.2 Å². The fourth-order valence-corrected chi connectivity index (χ4v) is 1.57. The lowest BCUT2D eigenvalue weighted by Crippen LogP contribution is -2.05. The Morgan fingerprint density at radius 1 is 1.39 bits per heavy atom. The van der Waals surface area contributed by atoms with Crippen molar-refractivity contribution in [1.82, 2.24) is 4.98 Å². The first-order valence-electron chi connectivity index (χ1n) is 4.98. The summed E-state index contributed by atoms with van der Waals surface area (Å²) in [6.45, 7) is 0. The van der Waals surface area contributed by atoms with E-state index in [0.717, 1.165) is 0 Å². The molecule has 0 bridgehead atoms. The third kappa shape index (κ3) is 2.57. The fourth-order valence-electron chi connectivity index (χ4n) is 1.40. The molecule has 1 heterocycles. The first-order chi connectivity index (χ1) is 8.58. The minimum absolute atomic E-state index is 0.0446. The van der Waals surface area contributed by atoms with Crippen LogP contribution in [-0.4, -0.2) is 16.1 Å². The zero-order valence-electron chi connectivity index (χ0n) is 9.02. The minimum Gasteiger partial charge on any atom is -0.478 e. The molecule has 0 fully saturated rings. The van der Waals surface area contributed by atoms with E-state index in [1.807, 2.05) is 0 Å². The van der Waals surface area contributed by atoms with Gasteiger partial charge in [-0.2, -0.15) is 0 Å². The molecule has 0 aliphatic rings. The molecule has 0 unspecified atom stereocenters. The maximum absolute atomic E-state index is 13.5. The van der Waals surface area contributed by atoms with Crippen molar-refractivity contribution in [3.05, 3.63) is 52.9 Å². The molecule has 1 aromatic carbocycles. The molecule has 6 heteroatoms. The lowest BCUT2D eigenvalue weighted by molar-refractivity contribution is 0.0697. The Morgan fingerprint density at radius 2 is 2.17 bits per heavy atom. The number of nitrogens with zero attached hydrogens (tertiary/aromatic N) is 1. The van der Waals surface area contributed by atoms with Crippen molar-refractivity contribution in [3.63, 3.8) is 0 Å². The minimum atomic E-state index is -1.15. The lowest BCUT2D eigenvalue weighted by Gasteiger charge is -2.09. The standard InChI is InChI=1S/C12H8ClFN2O2/c13-7-3-4-9(14)10(6-7)16-11-8(12(17)18)2-1-5-15-11/h1-6H,(H,15,16)(H,17,18). The van der Waals surface area contributed by atoms with Crippen LogP contribution >= 0.6 is 11.6 Å². The van der Waals surface area contributed by atoms with Crippen LogP contribution < -0.4 is 5.32 Å². The Morgan fingerprint density at radius 3 is 2.89 bits per heavy atom. The first-order valence-corrected chi connectivity index (χ1v) is 5.36. The third-order valence-corrected chi connectivity index (χ3v) is 2.45. The molecule has 1 aromatic heterocycles. The van der Waals surface area contributed by atoms with Crippen molar-refractivity contribution in [3.8, 4) is 0 Å². The average Bonchev–Trinajstić information content (AvgIpc) is 2.34. The molecule has 92 valence electrons. The molecule has 2 rings (SSSR count). The van der Waals surface area contributed by atoms with Crippen LogP contribution in [0.2, 0.25) is 5.02 Å². The van der Waals surface area contributed by atoms with Crippen LogP contribution in [0.4, 0.5) is 15.9 Å². The molecule has 0 spiro atoms. The summed E-state index contributed by atoms with van der Waals surface area (Å²) in [5.74, 6) is -1.62. The Bertz CT molecular complexity index is 604. The maximum Gasteiger partial charge on any atom is 0.339 e. The molecule has 2 aromatic rings. The van der Waals surface area contributed by atoms with Crippen LogP contribution in [0.3, 0.4) is 0 Å². The first kappa shape index (κ1) is 12.3. The van der Waals surface area contributed by atoms with E-state index in [9.17, 15) is 9.18 Å². The van der Waals surface area contributed by atoms with Crippen molar-refractivity contribution in [1.29, 1.82) is 0 Å². The zero-order valence-corrected chi connectivity index (χ0v) is 9.78. The molecule has 0 saturated carbocycles. The number of nitrogens with one attached hydrogen (secondary N) is 1. The van der Waals surface area contributed by atoms with Crippen LogP contribution in [0.1, 0.15) is 10.4 Å². The van der Waals surface area contributed by atoms with Crippen LogP contribution in [-0.2, 0) is 0 Å². The average molecular weight is 267 g/mol. The second kappa shape index (κ2) is 5.01. The van der Waals surface area contributed by atoms with E-state index in [1.54, 1.807) is 0 Å². The van der Waals surface area contributed by atoms with Crippen LogP contribution in [0.5, 0.6) is 0 Å².